The molecule has 0 radical (unpaired) electrons. The third-order valence-electron chi connectivity index (χ3n) is 4.69. The van der Waals surface area contributed by atoms with Gasteiger partial charge in [-0.05, 0) is 36.6 Å². The first-order valence-corrected chi connectivity index (χ1v) is 7.96. The number of fused-ring (bicyclic) bond motifs is 1. The fraction of sp³-hybridized carbons (Fsp3) is 0.294. The number of carbonyl (C=O) groups is 1. The Balaban J connectivity index is 1.63. The Morgan fingerprint density at radius 1 is 1.48 bits per heavy atom. The van der Waals surface area contributed by atoms with Crippen molar-refractivity contribution in [2.75, 3.05) is 0 Å². The zero-order valence-corrected chi connectivity index (χ0v) is 13.7. The number of halogens is 1. The zero-order chi connectivity index (χ0) is 16.2. The number of amides is 1. The first kappa shape index (κ1) is 14.3. The van der Waals surface area contributed by atoms with Crippen molar-refractivity contribution in [2.24, 2.45) is 13.0 Å². The third-order valence-corrected chi connectivity index (χ3v) is 4.93. The maximum Gasteiger partial charge on any atom is 0.268 e. The minimum atomic E-state index is -0.305. The highest BCUT2D eigenvalue weighted by Gasteiger charge is 2.54. The Labute approximate surface area is 138 Å². The first-order valence-electron chi connectivity index (χ1n) is 7.58. The van der Waals surface area contributed by atoms with Crippen molar-refractivity contribution in [3.63, 3.8) is 0 Å². The van der Waals surface area contributed by atoms with Gasteiger partial charge in [0.25, 0.3) is 5.91 Å². The summed E-state index contributed by atoms with van der Waals surface area (Å²) in [6.07, 6.45) is 4.72. The minimum Gasteiger partial charge on any atom is -0.351 e. The van der Waals surface area contributed by atoms with Crippen LogP contribution in [0.15, 0.2) is 36.7 Å². The van der Waals surface area contributed by atoms with Crippen LogP contribution in [0, 0.1) is 5.92 Å². The number of rotatable bonds is 3. The number of benzene rings is 1. The predicted molar refractivity (Wildman–Crippen MR) is 89.4 cm³/mol. The molecule has 2 N–H and O–H groups in total. The summed E-state index contributed by atoms with van der Waals surface area (Å²) in [5.74, 6) is 0.292. The van der Waals surface area contributed by atoms with Crippen LogP contribution in [0.4, 0.5) is 0 Å². The van der Waals surface area contributed by atoms with Crippen molar-refractivity contribution in [1.29, 1.82) is 0 Å². The second-order valence-electron chi connectivity index (χ2n) is 6.35. The molecule has 23 heavy (non-hydrogen) atoms. The average Bonchev–Trinajstić information content (AvgIpc) is 2.90. The van der Waals surface area contributed by atoms with Gasteiger partial charge in [-0.25, -0.2) is 0 Å². The number of hydrogen-bond donors (Lipinski definition) is 2. The number of aromatic amines is 1. The summed E-state index contributed by atoms with van der Waals surface area (Å²) in [5.41, 5.74) is 2.20. The van der Waals surface area contributed by atoms with E-state index in [-0.39, 0.29) is 11.4 Å². The molecule has 2 atom stereocenters. The molecule has 2 aromatic heterocycles. The highest BCUT2D eigenvalue weighted by atomic mass is 35.5. The van der Waals surface area contributed by atoms with E-state index < -0.39 is 0 Å². The lowest BCUT2D eigenvalue weighted by Crippen LogP contribution is -2.36. The van der Waals surface area contributed by atoms with Gasteiger partial charge in [0.1, 0.15) is 5.69 Å². The summed E-state index contributed by atoms with van der Waals surface area (Å²) in [5, 5.41) is 9.00. The van der Waals surface area contributed by atoms with Crippen LogP contribution in [0.3, 0.4) is 0 Å². The standard InChI is InChI=1S/C17H17ClN4O/c1-10-7-17(10,12-8-19-22(2)9-12)21-16(23)15-6-11-5-13(18)3-4-14(11)20-15/h3-6,8-10,20H,7H2,1-2H3,(H,21,23)/t10-,17-/m1/s1. The summed E-state index contributed by atoms with van der Waals surface area (Å²) < 4.78 is 1.76. The van der Waals surface area contributed by atoms with Crippen molar-refractivity contribution in [1.82, 2.24) is 20.1 Å². The van der Waals surface area contributed by atoms with E-state index in [0.29, 0.717) is 16.6 Å². The van der Waals surface area contributed by atoms with Gasteiger partial charge < -0.3 is 10.3 Å². The SMILES string of the molecule is C[C@@H]1C[C@]1(NC(=O)c1cc2cc(Cl)ccc2[nH]1)c1cnn(C)c1. The molecule has 1 saturated carbocycles. The van der Waals surface area contributed by atoms with E-state index in [1.807, 2.05) is 43.7 Å². The Hall–Kier alpha value is -2.27. The maximum atomic E-state index is 12.7. The molecule has 118 valence electrons. The normalized spacial score (nSPS) is 23.2. The van der Waals surface area contributed by atoms with Crippen LogP contribution in [0.25, 0.3) is 10.9 Å². The molecule has 5 nitrogen and oxygen atoms in total. The van der Waals surface area contributed by atoms with E-state index >= 15 is 0 Å². The molecule has 6 heteroatoms. The molecule has 4 rings (SSSR count). The molecule has 0 unspecified atom stereocenters. The second-order valence-corrected chi connectivity index (χ2v) is 6.78. The number of aromatic nitrogens is 3. The largest absolute Gasteiger partial charge is 0.351 e. The minimum absolute atomic E-state index is 0.106. The molecular formula is C17H17ClN4O. The molecule has 3 aromatic rings. The van der Waals surface area contributed by atoms with Crippen LogP contribution in [-0.4, -0.2) is 20.7 Å². The van der Waals surface area contributed by atoms with Gasteiger partial charge in [-0.3, -0.25) is 9.48 Å². The summed E-state index contributed by atoms with van der Waals surface area (Å²) in [6, 6.07) is 7.37. The predicted octanol–water partition coefficient (Wildman–Crippen LogP) is 3.22. The van der Waals surface area contributed by atoms with Gasteiger partial charge in [-0.15, -0.1) is 0 Å². The molecule has 1 aliphatic rings. The van der Waals surface area contributed by atoms with E-state index in [0.717, 1.165) is 22.9 Å². The highest BCUT2D eigenvalue weighted by molar-refractivity contribution is 6.31. The lowest BCUT2D eigenvalue weighted by atomic mass is 10.1. The van der Waals surface area contributed by atoms with Crippen LogP contribution < -0.4 is 5.32 Å². The van der Waals surface area contributed by atoms with Crippen molar-refractivity contribution in [3.05, 3.63) is 52.9 Å². The third kappa shape index (κ3) is 2.32. The van der Waals surface area contributed by atoms with Gasteiger partial charge in [0.2, 0.25) is 0 Å². The van der Waals surface area contributed by atoms with Crippen molar-refractivity contribution >= 4 is 28.4 Å². The lowest BCUT2D eigenvalue weighted by Gasteiger charge is -2.16. The fourth-order valence-corrected chi connectivity index (χ4v) is 3.40. The van der Waals surface area contributed by atoms with Crippen LogP contribution >= 0.6 is 11.6 Å². The average molecular weight is 329 g/mol. The maximum absolute atomic E-state index is 12.7. The van der Waals surface area contributed by atoms with Gasteiger partial charge >= 0.3 is 0 Å². The monoisotopic (exact) mass is 328 g/mol. The lowest BCUT2D eigenvalue weighted by molar-refractivity contribution is 0.0923. The number of hydrogen-bond acceptors (Lipinski definition) is 2. The first-order chi connectivity index (χ1) is 11.0. The van der Waals surface area contributed by atoms with Gasteiger partial charge in [0.05, 0.1) is 11.7 Å². The molecule has 0 bridgehead atoms. The Morgan fingerprint density at radius 2 is 2.26 bits per heavy atom. The fourth-order valence-electron chi connectivity index (χ4n) is 3.22. The molecule has 1 aliphatic carbocycles. The summed E-state index contributed by atoms with van der Waals surface area (Å²) in [6.45, 7) is 2.14. The summed E-state index contributed by atoms with van der Waals surface area (Å²) in [4.78, 5) is 15.8. The summed E-state index contributed by atoms with van der Waals surface area (Å²) in [7, 11) is 1.88. The molecule has 1 aromatic carbocycles. The number of H-pyrrole nitrogens is 1. The molecule has 2 heterocycles. The molecular weight excluding hydrogens is 312 g/mol. The van der Waals surface area contributed by atoms with E-state index in [1.165, 1.54) is 0 Å². The van der Waals surface area contributed by atoms with Crippen LogP contribution in [0.1, 0.15) is 29.4 Å². The van der Waals surface area contributed by atoms with E-state index in [1.54, 1.807) is 4.68 Å². The Bertz CT molecular complexity index is 912. The quantitative estimate of drug-likeness (QED) is 0.775. The number of aryl methyl sites for hydroxylation is 1. The Kier molecular flexibility index (Phi) is 3.03. The number of nitrogens with zero attached hydrogens (tertiary/aromatic N) is 2. The van der Waals surface area contributed by atoms with Crippen molar-refractivity contribution < 1.29 is 4.79 Å². The highest BCUT2D eigenvalue weighted by Crippen LogP contribution is 2.51. The zero-order valence-electron chi connectivity index (χ0n) is 12.9. The van der Waals surface area contributed by atoms with Crippen LogP contribution in [0.2, 0.25) is 5.02 Å². The summed E-state index contributed by atoms with van der Waals surface area (Å²) >= 11 is 6.00. The Morgan fingerprint density at radius 3 is 2.91 bits per heavy atom. The number of carbonyl (C=O) groups excluding carboxylic acids is 1. The van der Waals surface area contributed by atoms with Gasteiger partial charge in [0, 0.05) is 34.7 Å². The van der Waals surface area contributed by atoms with Crippen LogP contribution in [0.5, 0.6) is 0 Å². The second kappa shape index (κ2) is 4.86. The van der Waals surface area contributed by atoms with Crippen LogP contribution in [-0.2, 0) is 12.6 Å². The van der Waals surface area contributed by atoms with E-state index in [4.69, 9.17) is 11.6 Å². The molecule has 1 fully saturated rings. The van der Waals surface area contributed by atoms with E-state index in [9.17, 15) is 4.79 Å². The molecule has 0 aliphatic heterocycles. The van der Waals surface area contributed by atoms with Gasteiger partial charge in [0.15, 0.2) is 0 Å². The van der Waals surface area contributed by atoms with Gasteiger partial charge in [-0.2, -0.15) is 5.10 Å². The molecule has 1 amide bonds. The smallest absolute Gasteiger partial charge is 0.268 e. The van der Waals surface area contributed by atoms with E-state index in [2.05, 4.69) is 22.3 Å². The molecule has 0 spiro atoms. The molecule has 0 saturated heterocycles. The number of nitrogens with one attached hydrogen (secondary N) is 2. The topological polar surface area (TPSA) is 62.7 Å². The van der Waals surface area contributed by atoms with Gasteiger partial charge in [-0.1, -0.05) is 18.5 Å². The van der Waals surface area contributed by atoms with Crippen molar-refractivity contribution in [3.8, 4) is 0 Å². The van der Waals surface area contributed by atoms with Crippen molar-refractivity contribution in [2.45, 2.75) is 18.9 Å².